The van der Waals surface area contributed by atoms with E-state index in [2.05, 4.69) is 45.0 Å². The molecule has 1 aromatic carbocycles. The third kappa shape index (κ3) is 3.41. The Balaban J connectivity index is 2.20. The van der Waals surface area contributed by atoms with Crippen molar-refractivity contribution >= 4 is 0 Å². The number of unbranched alkanes of at least 4 members (excludes halogenated alkanes) is 1. The summed E-state index contributed by atoms with van der Waals surface area (Å²) in [6.45, 7) is 6.98. The van der Waals surface area contributed by atoms with E-state index in [1.165, 1.54) is 50.5 Å². The van der Waals surface area contributed by atoms with Crippen LogP contribution in [0.15, 0.2) is 24.3 Å². The zero-order chi connectivity index (χ0) is 13.7. The molecule has 0 atom stereocenters. The van der Waals surface area contributed by atoms with Crippen molar-refractivity contribution in [3.05, 3.63) is 35.4 Å². The smallest absolute Gasteiger partial charge is 0.00468 e. The third-order valence-electron chi connectivity index (χ3n) is 5.21. The summed E-state index contributed by atoms with van der Waals surface area (Å²) in [5.74, 6) is 0.935. The SMILES string of the molecule is CCCCC1(c2ccc(CC)cc2)CCC(C)CC1. The highest BCUT2D eigenvalue weighted by molar-refractivity contribution is 5.30. The summed E-state index contributed by atoms with van der Waals surface area (Å²) >= 11 is 0. The van der Waals surface area contributed by atoms with E-state index in [1.54, 1.807) is 5.56 Å². The summed E-state index contributed by atoms with van der Waals surface area (Å²) in [6.07, 6.45) is 10.9. The molecule has 0 aromatic heterocycles. The number of rotatable bonds is 5. The van der Waals surface area contributed by atoms with Gasteiger partial charge >= 0.3 is 0 Å². The van der Waals surface area contributed by atoms with Gasteiger partial charge in [0, 0.05) is 0 Å². The van der Waals surface area contributed by atoms with E-state index in [9.17, 15) is 0 Å². The zero-order valence-electron chi connectivity index (χ0n) is 13.0. The molecule has 0 amide bonds. The van der Waals surface area contributed by atoms with Gasteiger partial charge in [0.15, 0.2) is 0 Å². The summed E-state index contributed by atoms with van der Waals surface area (Å²) in [5.41, 5.74) is 3.58. The van der Waals surface area contributed by atoms with Crippen molar-refractivity contribution in [3.63, 3.8) is 0 Å². The monoisotopic (exact) mass is 258 g/mol. The Morgan fingerprint density at radius 1 is 1.05 bits per heavy atom. The normalized spacial score (nSPS) is 27.4. The molecule has 1 saturated carbocycles. The lowest BCUT2D eigenvalue weighted by atomic mass is 9.64. The summed E-state index contributed by atoms with van der Waals surface area (Å²) < 4.78 is 0. The molecule has 2 rings (SSSR count). The van der Waals surface area contributed by atoms with E-state index in [-0.39, 0.29) is 0 Å². The van der Waals surface area contributed by atoms with Crippen molar-refractivity contribution in [2.24, 2.45) is 5.92 Å². The second kappa shape index (κ2) is 6.59. The Bertz CT molecular complexity index is 360. The molecule has 106 valence electrons. The van der Waals surface area contributed by atoms with Gasteiger partial charge in [-0.1, -0.05) is 57.9 Å². The van der Waals surface area contributed by atoms with Crippen LogP contribution < -0.4 is 0 Å². The number of hydrogen-bond acceptors (Lipinski definition) is 0. The fourth-order valence-electron chi connectivity index (χ4n) is 3.61. The molecule has 1 fully saturated rings. The highest BCUT2D eigenvalue weighted by Crippen LogP contribution is 2.45. The predicted octanol–water partition coefficient (Wildman–Crippen LogP) is 5.89. The van der Waals surface area contributed by atoms with Crippen LogP contribution >= 0.6 is 0 Å². The van der Waals surface area contributed by atoms with Crippen LogP contribution in [0.25, 0.3) is 0 Å². The lowest BCUT2D eigenvalue weighted by molar-refractivity contribution is 0.223. The van der Waals surface area contributed by atoms with Gasteiger partial charge in [-0.3, -0.25) is 0 Å². The molecular formula is C19H30. The minimum Gasteiger partial charge on any atom is -0.0654 e. The van der Waals surface area contributed by atoms with Crippen LogP contribution in [0.2, 0.25) is 0 Å². The van der Waals surface area contributed by atoms with Gasteiger partial charge in [-0.25, -0.2) is 0 Å². The molecule has 0 nitrogen and oxygen atoms in total. The second-order valence-electron chi connectivity index (χ2n) is 6.62. The highest BCUT2D eigenvalue weighted by Gasteiger charge is 2.34. The van der Waals surface area contributed by atoms with Gasteiger partial charge in [0.2, 0.25) is 0 Å². The van der Waals surface area contributed by atoms with E-state index in [1.807, 2.05) is 0 Å². The fraction of sp³-hybridized carbons (Fsp3) is 0.684. The topological polar surface area (TPSA) is 0 Å². The van der Waals surface area contributed by atoms with Gasteiger partial charge in [-0.05, 0) is 61.0 Å². The molecule has 0 bridgehead atoms. The Labute approximate surface area is 119 Å². The van der Waals surface area contributed by atoms with Crippen molar-refractivity contribution in [1.29, 1.82) is 0 Å². The van der Waals surface area contributed by atoms with E-state index >= 15 is 0 Å². The average molecular weight is 258 g/mol. The number of aryl methyl sites for hydroxylation is 1. The van der Waals surface area contributed by atoms with Crippen LogP contribution in [0.4, 0.5) is 0 Å². The quantitative estimate of drug-likeness (QED) is 0.618. The van der Waals surface area contributed by atoms with Crippen LogP contribution in [-0.2, 0) is 11.8 Å². The third-order valence-corrected chi connectivity index (χ3v) is 5.21. The molecule has 0 aliphatic heterocycles. The maximum Gasteiger partial charge on any atom is -0.00468 e. The number of hydrogen-bond donors (Lipinski definition) is 0. The zero-order valence-corrected chi connectivity index (χ0v) is 13.0. The minimum atomic E-state index is 0.495. The first kappa shape index (κ1) is 14.6. The van der Waals surface area contributed by atoms with E-state index in [4.69, 9.17) is 0 Å². The Hall–Kier alpha value is -0.780. The maximum atomic E-state index is 2.42. The Morgan fingerprint density at radius 2 is 1.68 bits per heavy atom. The lowest BCUT2D eigenvalue weighted by Gasteiger charge is -2.40. The van der Waals surface area contributed by atoms with Gasteiger partial charge in [0.1, 0.15) is 0 Å². The molecule has 0 unspecified atom stereocenters. The van der Waals surface area contributed by atoms with Gasteiger partial charge < -0.3 is 0 Å². The largest absolute Gasteiger partial charge is 0.0654 e. The molecule has 0 heterocycles. The van der Waals surface area contributed by atoms with Crippen LogP contribution in [0, 0.1) is 5.92 Å². The van der Waals surface area contributed by atoms with Gasteiger partial charge in [0.25, 0.3) is 0 Å². The minimum absolute atomic E-state index is 0.495. The van der Waals surface area contributed by atoms with Gasteiger partial charge in [-0.15, -0.1) is 0 Å². The Kier molecular flexibility index (Phi) is 5.07. The summed E-state index contributed by atoms with van der Waals surface area (Å²) in [5, 5.41) is 0. The fourth-order valence-corrected chi connectivity index (χ4v) is 3.61. The van der Waals surface area contributed by atoms with Crippen molar-refractivity contribution in [2.45, 2.75) is 77.6 Å². The van der Waals surface area contributed by atoms with E-state index in [0.717, 1.165) is 12.3 Å². The first-order valence-corrected chi connectivity index (χ1v) is 8.29. The van der Waals surface area contributed by atoms with Crippen LogP contribution in [-0.4, -0.2) is 0 Å². The molecule has 0 spiro atoms. The van der Waals surface area contributed by atoms with Gasteiger partial charge in [-0.2, -0.15) is 0 Å². The lowest BCUT2D eigenvalue weighted by Crippen LogP contribution is -2.31. The van der Waals surface area contributed by atoms with Crippen molar-refractivity contribution < 1.29 is 0 Å². The first-order valence-electron chi connectivity index (χ1n) is 8.29. The molecule has 1 aliphatic rings. The van der Waals surface area contributed by atoms with E-state index in [0.29, 0.717) is 5.41 Å². The maximum absolute atomic E-state index is 2.42. The van der Waals surface area contributed by atoms with Crippen molar-refractivity contribution in [1.82, 2.24) is 0 Å². The Morgan fingerprint density at radius 3 is 2.21 bits per heavy atom. The predicted molar refractivity (Wildman–Crippen MR) is 84.7 cm³/mol. The molecule has 0 radical (unpaired) electrons. The van der Waals surface area contributed by atoms with Crippen LogP contribution in [0.1, 0.15) is 76.8 Å². The average Bonchev–Trinajstić information content (AvgIpc) is 2.47. The molecule has 0 saturated heterocycles. The molecule has 0 N–H and O–H groups in total. The standard InChI is InChI=1S/C19H30/c1-4-6-13-19(14-11-16(3)12-15-19)18-9-7-17(5-2)8-10-18/h7-10,16H,4-6,11-15H2,1-3H3. The second-order valence-corrected chi connectivity index (χ2v) is 6.62. The van der Waals surface area contributed by atoms with Gasteiger partial charge in [0.05, 0.1) is 0 Å². The molecule has 1 aliphatic carbocycles. The summed E-state index contributed by atoms with van der Waals surface area (Å²) in [4.78, 5) is 0. The van der Waals surface area contributed by atoms with Crippen LogP contribution in [0.3, 0.4) is 0 Å². The molecular weight excluding hydrogens is 228 g/mol. The molecule has 19 heavy (non-hydrogen) atoms. The van der Waals surface area contributed by atoms with E-state index < -0.39 is 0 Å². The van der Waals surface area contributed by atoms with Crippen LogP contribution in [0.5, 0.6) is 0 Å². The number of benzene rings is 1. The van der Waals surface area contributed by atoms with Crippen molar-refractivity contribution in [3.8, 4) is 0 Å². The molecule has 1 aromatic rings. The first-order chi connectivity index (χ1) is 9.20. The molecule has 0 heteroatoms. The summed E-state index contributed by atoms with van der Waals surface area (Å²) in [6, 6.07) is 9.54. The summed E-state index contributed by atoms with van der Waals surface area (Å²) in [7, 11) is 0. The van der Waals surface area contributed by atoms with Crippen molar-refractivity contribution in [2.75, 3.05) is 0 Å². The highest BCUT2D eigenvalue weighted by atomic mass is 14.4.